The van der Waals surface area contributed by atoms with Gasteiger partial charge < -0.3 is 10.6 Å². The third kappa shape index (κ3) is 5.79. The fourth-order valence-corrected chi connectivity index (χ4v) is 4.42. The number of sulfonamides is 1. The summed E-state index contributed by atoms with van der Waals surface area (Å²) in [7, 11) is -3.52. The average molecular weight is 382 g/mol. The van der Waals surface area contributed by atoms with Gasteiger partial charge in [0.1, 0.15) is 0 Å². The predicted octanol–water partition coefficient (Wildman–Crippen LogP) is 1.89. The molecule has 6 nitrogen and oxygen atoms in total. The van der Waals surface area contributed by atoms with E-state index in [0.29, 0.717) is 32.0 Å². The van der Waals surface area contributed by atoms with Crippen LogP contribution in [0, 0.1) is 18.8 Å². The monoisotopic (exact) mass is 381 g/mol. The number of carbonyl (C=O) groups is 1. The number of amides is 1. The van der Waals surface area contributed by atoms with Gasteiger partial charge in [0.15, 0.2) is 0 Å². The third-order valence-corrected chi connectivity index (χ3v) is 6.21. The van der Waals surface area contributed by atoms with E-state index in [1.165, 1.54) is 0 Å². The lowest BCUT2D eigenvalue weighted by molar-refractivity contribution is -0.134. The van der Waals surface area contributed by atoms with Crippen LogP contribution in [0.5, 0.6) is 0 Å². The van der Waals surface area contributed by atoms with Crippen LogP contribution in [0.2, 0.25) is 0 Å². The molecular weight excluding hydrogens is 350 g/mol. The SMILES string of the molecule is Cc1ccc(S(=O)(=O)NCC2CCCN(C(=O)[C@@H](N)CC(C)C)C2)cc1. The zero-order valence-corrected chi connectivity index (χ0v) is 16.8. The molecule has 146 valence electrons. The number of nitrogens with zero attached hydrogens (tertiary/aromatic N) is 1. The number of likely N-dealkylation sites (tertiary alicyclic amines) is 1. The van der Waals surface area contributed by atoms with Crippen LogP contribution >= 0.6 is 0 Å². The summed E-state index contributed by atoms with van der Waals surface area (Å²) < 4.78 is 27.5. The Morgan fingerprint density at radius 2 is 1.96 bits per heavy atom. The van der Waals surface area contributed by atoms with Crippen molar-refractivity contribution >= 4 is 15.9 Å². The summed E-state index contributed by atoms with van der Waals surface area (Å²) in [5, 5.41) is 0. The van der Waals surface area contributed by atoms with Gasteiger partial charge in [-0.1, -0.05) is 31.5 Å². The molecule has 7 heteroatoms. The van der Waals surface area contributed by atoms with Crippen molar-refractivity contribution in [2.45, 2.75) is 51.0 Å². The molecule has 26 heavy (non-hydrogen) atoms. The Morgan fingerprint density at radius 1 is 1.31 bits per heavy atom. The number of rotatable bonds is 7. The second-order valence-electron chi connectivity index (χ2n) is 7.69. The van der Waals surface area contributed by atoms with E-state index in [9.17, 15) is 13.2 Å². The molecule has 1 aromatic carbocycles. The molecule has 0 aliphatic carbocycles. The molecule has 1 fully saturated rings. The Balaban J connectivity index is 1.91. The van der Waals surface area contributed by atoms with Gasteiger partial charge in [0.25, 0.3) is 0 Å². The highest BCUT2D eigenvalue weighted by Gasteiger charge is 2.28. The molecule has 1 aromatic rings. The maximum Gasteiger partial charge on any atom is 0.240 e. The molecule has 0 saturated carbocycles. The smallest absolute Gasteiger partial charge is 0.240 e. The quantitative estimate of drug-likeness (QED) is 0.754. The molecule has 1 amide bonds. The van der Waals surface area contributed by atoms with Gasteiger partial charge in [0.05, 0.1) is 10.9 Å². The van der Waals surface area contributed by atoms with Gasteiger partial charge in [-0.05, 0) is 50.2 Å². The van der Waals surface area contributed by atoms with Crippen molar-refractivity contribution in [1.29, 1.82) is 0 Å². The van der Waals surface area contributed by atoms with Crippen LogP contribution in [0.3, 0.4) is 0 Å². The van der Waals surface area contributed by atoms with Gasteiger partial charge >= 0.3 is 0 Å². The zero-order chi connectivity index (χ0) is 19.3. The van der Waals surface area contributed by atoms with E-state index in [4.69, 9.17) is 5.73 Å². The second-order valence-corrected chi connectivity index (χ2v) is 9.46. The second kappa shape index (κ2) is 8.97. The number of carbonyl (C=O) groups excluding carboxylic acids is 1. The maximum absolute atomic E-state index is 12.5. The minimum atomic E-state index is -3.52. The number of nitrogens with one attached hydrogen (secondary N) is 1. The number of aryl methyl sites for hydroxylation is 1. The first-order valence-electron chi connectivity index (χ1n) is 9.29. The number of nitrogens with two attached hydrogens (primary N) is 1. The van der Waals surface area contributed by atoms with E-state index in [2.05, 4.69) is 4.72 Å². The van der Waals surface area contributed by atoms with Crippen LogP contribution in [0.15, 0.2) is 29.2 Å². The number of hydrogen-bond acceptors (Lipinski definition) is 4. The summed E-state index contributed by atoms with van der Waals surface area (Å²) in [6, 6.07) is 6.31. The van der Waals surface area contributed by atoms with Crippen LogP contribution in [0.4, 0.5) is 0 Å². The van der Waals surface area contributed by atoms with Gasteiger partial charge in [0.2, 0.25) is 15.9 Å². The molecule has 0 aromatic heterocycles. The first-order valence-corrected chi connectivity index (χ1v) is 10.8. The van der Waals surface area contributed by atoms with Crippen molar-refractivity contribution in [3.8, 4) is 0 Å². The Kier molecular flexibility index (Phi) is 7.20. The number of benzene rings is 1. The van der Waals surface area contributed by atoms with Crippen LogP contribution < -0.4 is 10.5 Å². The zero-order valence-electron chi connectivity index (χ0n) is 15.9. The van der Waals surface area contributed by atoms with E-state index in [1.54, 1.807) is 29.2 Å². The molecule has 0 spiro atoms. The Labute approximate surface area is 157 Å². The third-order valence-electron chi connectivity index (χ3n) is 4.77. The predicted molar refractivity (Wildman–Crippen MR) is 103 cm³/mol. The fourth-order valence-electron chi connectivity index (χ4n) is 3.30. The molecule has 2 atom stereocenters. The number of hydrogen-bond donors (Lipinski definition) is 2. The van der Waals surface area contributed by atoms with Gasteiger partial charge in [0, 0.05) is 19.6 Å². The van der Waals surface area contributed by atoms with Crippen molar-refractivity contribution < 1.29 is 13.2 Å². The van der Waals surface area contributed by atoms with E-state index < -0.39 is 16.1 Å². The van der Waals surface area contributed by atoms with E-state index >= 15 is 0 Å². The molecule has 0 bridgehead atoms. The molecule has 2 rings (SSSR count). The summed E-state index contributed by atoms with van der Waals surface area (Å²) in [4.78, 5) is 14.6. The molecule has 1 aliphatic rings. The van der Waals surface area contributed by atoms with Crippen LogP contribution in [0.1, 0.15) is 38.7 Å². The molecule has 1 aliphatic heterocycles. The highest BCUT2D eigenvalue weighted by atomic mass is 32.2. The molecule has 1 saturated heterocycles. The van der Waals surface area contributed by atoms with Gasteiger partial charge in [-0.15, -0.1) is 0 Å². The minimum absolute atomic E-state index is 0.0233. The van der Waals surface area contributed by atoms with Crippen LogP contribution in [-0.4, -0.2) is 44.9 Å². The molecule has 1 unspecified atom stereocenters. The summed E-state index contributed by atoms with van der Waals surface area (Å²) in [6.07, 6.45) is 2.44. The summed E-state index contributed by atoms with van der Waals surface area (Å²) in [6.45, 7) is 7.60. The minimum Gasteiger partial charge on any atom is -0.341 e. The van der Waals surface area contributed by atoms with Crippen molar-refractivity contribution in [1.82, 2.24) is 9.62 Å². The first-order chi connectivity index (χ1) is 12.2. The van der Waals surface area contributed by atoms with Crippen LogP contribution in [0.25, 0.3) is 0 Å². The summed E-state index contributed by atoms with van der Waals surface area (Å²) in [5.41, 5.74) is 7.04. The van der Waals surface area contributed by atoms with Crippen molar-refractivity contribution in [3.63, 3.8) is 0 Å². The molecular formula is C19H31N3O3S. The first kappa shape index (κ1) is 20.9. The Morgan fingerprint density at radius 3 is 2.58 bits per heavy atom. The lowest BCUT2D eigenvalue weighted by Crippen LogP contribution is -2.50. The van der Waals surface area contributed by atoms with Gasteiger partial charge in [-0.3, -0.25) is 4.79 Å². The fraction of sp³-hybridized carbons (Fsp3) is 0.632. The lowest BCUT2D eigenvalue weighted by Gasteiger charge is -2.34. The van der Waals surface area contributed by atoms with Gasteiger partial charge in [-0.2, -0.15) is 0 Å². The van der Waals surface area contributed by atoms with Crippen molar-refractivity contribution in [2.24, 2.45) is 17.6 Å². The highest BCUT2D eigenvalue weighted by Crippen LogP contribution is 2.19. The van der Waals surface area contributed by atoms with E-state index in [0.717, 1.165) is 18.4 Å². The summed E-state index contributed by atoms with van der Waals surface area (Å²) >= 11 is 0. The number of piperidine rings is 1. The molecule has 3 N–H and O–H groups in total. The molecule has 0 radical (unpaired) electrons. The normalized spacial score (nSPS) is 19.6. The average Bonchev–Trinajstić information content (AvgIpc) is 2.59. The topological polar surface area (TPSA) is 92.5 Å². The summed E-state index contributed by atoms with van der Waals surface area (Å²) in [5.74, 6) is 0.458. The molecule has 1 heterocycles. The van der Waals surface area contributed by atoms with Crippen molar-refractivity contribution in [3.05, 3.63) is 29.8 Å². The lowest BCUT2D eigenvalue weighted by atomic mass is 9.96. The maximum atomic E-state index is 12.5. The van der Waals surface area contributed by atoms with Crippen molar-refractivity contribution in [2.75, 3.05) is 19.6 Å². The van der Waals surface area contributed by atoms with Gasteiger partial charge in [-0.25, -0.2) is 13.1 Å². The van der Waals surface area contributed by atoms with E-state index in [-0.39, 0.29) is 16.7 Å². The highest BCUT2D eigenvalue weighted by molar-refractivity contribution is 7.89. The van der Waals surface area contributed by atoms with Crippen LogP contribution in [-0.2, 0) is 14.8 Å². The standard InChI is InChI=1S/C19H31N3O3S/c1-14(2)11-18(20)19(23)22-10-4-5-16(13-22)12-21-26(24,25)17-8-6-15(3)7-9-17/h6-9,14,16,18,21H,4-5,10-13,20H2,1-3H3/t16?,18-/m0/s1. The largest absolute Gasteiger partial charge is 0.341 e. The Bertz CT molecular complexity index is 701. The Hall–Kier alpha value is -1.44. The van der Waals surface area contributed by atoms with E-state index in [1.807, 2.05) is 20.8 Å².